The first-order valence-corrected chi connectivity index (χ1v) is 9.32. The number of aromatic amines is 1. The van der Waals surface area contributed by atoms with Crippen LogP contribution in [0.15, 0.2) is 27.6 Å². The smallest absolute Gasteiger partial charge is 0.348 e. The molecule has 0 amide bonds. The lowest BCUT2D eigenvalue weighted by atomic mass is 10.1. The van der Waals surface area contributed by atoms with Crippen LogP contribution in [0.25, 0.3) is 10.2 Å². The van der Waals surface area contributed by atoms with Crippen molar-refractivity contribution in [3.05, 3.63) is 50.8 Å². The number of ether oxygens (including phenoxy) is 2. The van der Waals surface area contributed by atoms with Crippen molar-refractivity contribution >= 4 is 33.5 Å². The second kappa shape index (κ2) is 8.36. The Morgan fingerprint density at radius 2 is 2.14 bits per heavy atom. The number of hydrogen-bond donors (Lipinski definition) is 2. The van der Waals surface area contributed by atoms with Gasteiger partial charge in [-0.1, -0.05) is 0 Å². The summed E-state index contributed by atoms with van der Waals surface area (Å²) in [6, 6.07) is 3.73. The van der Waals surface area contributed by atoms with Crippen LogP contribution in [0.2, 0.25) is 0 Å². The number of aromatic nitrogens is 2. The molecule has 0 aliphatic rings. The first-order valence-electron chi connectivity index (χ1n) is 8.51. The zero-order valence-corrected chi connectivity index (χ0v) is 16.4. The number of fused-ring (bicyclic) bond motifs is 1. The second-order valence-corrected chi connectivity index (χ2v) is 7.09. The molecule has 10 heteroatoms. The van der Waals surface area contributed by atoms with Gasteiger partial charge in [-0.2, -0.15) is 0 Å². The molecule has 0 aromatic carbocycles. The van der Waals surface area contributed by atoms with Crippen molar-refractivity contribution in [3.8, 4) is 0 Å². The molecule has 0 spiro atoms. The van der Waals surface area contributed by atoms with E-state index in [1.54, 1.807) is 6.26 Å². The number of esters is 2. The molecular formula is C18H20N3O6S+. The zero-order chi connectivity index (χ0) is 20.3. The Morgan fingerprint density at radius 3 is 2.79 bits per heavy atom. The molecule has 148 valence electrons. The summed E-state index contributed by atoms with van der Waals surface area (Å²) < 4.78 is 14.8. The summed E-state index contributed by atoms with van der Waals surface area (Å²) >= 11 is 1.02. The topological polar surface area (TPSA) is 128 Å². The number of carbonyl (C=O) groups excluding carboxylic acids is 2. The highest BCUT2D eigenvalue weighted by Crippen LogP contribution is 2.29. The Morgan fingerprint density at radius 1 is 1.36 bits per heavy atom. The average Bonchev–Trinajstić information content (AvgIpc) is 3.34. The predicted octanol–water partition coefficient (Wildman–Crippen LogP) is 0.904. The average molecular weight is 406 g/mol. The summed E-state index contributed by atoms with van der Waals surface area (Å²) in [5.41, 5.74) is -0.142. The van der Waals surface area contributed by atoms with E-state index in [0.29, 0.717) is 17.2 Å². The van der Waals surface area contributed by atoms with E-state index in [1.807, 2.05) is 24.4 Å². The first kappa shape index (κ1) is 19.8. The van der Waals surface area contributed by atoms with Crippen LogP contribution in [0.3, 0.4) is 0 Å². The third-order valence-corrected chi connectivity index (χ3v) is 5.39. The summed E-state index contributed by atoms with van der Waals surface area (Å²) in [6.07, 6.45) is 1.39. The van der Waals surface area contributed by atoms with E-state index < -0.39 is 17.5 Å². The molecule has 0 saturated carbocycles. The van der Waals surface area contributed by atoms with Crippen LogP contribution in [0.1, 0.15) is 39.8 Å². The van der Waals surface area contributed by atoms with Gasteiger partial charge in [0.2, 0.25) is 0 Å². The van der Waals surface area contributed by atoms with Gasteiger partial charge in [-0.3, -0.25) is 9.59 Å². The van der Waals surface area contributed by atoms with E-state index in [-0.39, 0.29) is 28.3 Å². The van der Waals surface area contributed by atoms with E-state index in [0.717, 1.165) is 17.1 Å². The minimum absolute atomic E-state index is 0.0415. The number of thiophene rings is 1. The maximum absolute atomic E-state index is 12.7. The summed E-state index contributed by atoms with van der Waals surface area (Å²) in [5, 5.41) is 2.17. The fourth-order valence-corrected chi connectivity index (χ4v) is 3.93. The molecule has 3 heterocycles. The molecule has 1 atom stereocenters. The molecule has 3 aromatic rings. The molecule has 9 nitrogen and oxygen atoms in total. The Kier molecular flexibility index (Phi) is 5.90. The van der Waals surface area contributed by atoms with Crippen molar-refractivity contribution in [3.63, 3.8) is 0 Å². The van der Waals surface area contributed by atoms with Crippen molar-refractivity contribution in [1.82, 2.24) is 9.97 Å². The molecule has 3 rings (SSSR count). The molecule has 0 bridgehead atoms. The van der Waals surface area contributed by atoms with E-state index in [2.05, 4.69) is 14.7 Å². The molecule has 0 fully saturated rings. The highest BCUT2D eigenvalue weighted by molar-refractivity contribution is 7.20. The van der Waals surface area contributed by atoms with Crippen LogP contribution >= 0.6 is 11.3 Å². The quantitative estimate of drug-likeness (QED) is 0.558. The maximum Gasteiger partial charge on any atom is 0.348 e. The zero-order valence-electron chi connectivity index (χ0n) is 15.6. The Balaban J connectivity index is 1.95. The Hall–Kier alpha value is -2.98. The van der Waals surface area contributed by atoms with Crippen molar-refractivity contribution in [1.29, 1.82) is 0 Å². The largest absolute Gasteiger partial charge is 0.469 e. The van der Waals surface area contributed by atoms with Crippen molar-refractivity contribution in [2.75, 3.05) is 14.2 Å². The number of nitrogens with two attached hydrogens (primary N) is 1. The van der Waals surface area contributed by atoms with Crippen LogP contribution in [0.4, 0.5) is 0 Å². The van der Waals surface area contributed by atoms with Gasteiger partial charge < -0.3 is 24.2 Å². The monoisotopic (exact) mass is 406 g/mol. The van der Waals surface area contributed by atoms with Crippen LogP contribution in [-0.2, 0) is 27.2 Å². The molecule has 0 radical (unpaired) electrons. The molecule has 0 unspecified atom stereocenters. The maximum atomic E-state index is 12.7. The van der Waals surface area contributed by atoms with Crippen molar-refractivity contribution in [2.45, 2.75) is 25.9 Å². The van der Waals surface area contributed by atoms with E-state index in [1.165, 1.54) is 14.2 Å². The fraction of sp³-hybridized carbons (Fsp3) is 0.333. The molecular weight excluding hydrogens is 386 g/mol. The molecule has 3 N–H and O–H groups in total. The number of furan rings is 1. The Bertz CT molecular complexity index is 1050. The molecule has 28 heavy (non-hydrogen) atoms. The standard InChI is InChI=1S/C18H19N3O6S/c1-9(11-5-4-6-27-11)19-8-12-20-16(23)14-10(7-13(22)25-2)15(18(24)26-3)28-17(14)21-12/h4-6,9,19H,7-8H2,1-3H3,(H,20,21,23)/p+1/t9-/m1/s1. The second-order valence-electron chi connectivity index (χ2n) is 6.09. The lowest BCUT2D eigenvalue weighted by Crippen LogP contribution is -2.83. The number of H-pyrrole nitrogens is 1. The Labute approximate surface area is 163 Å². The van der Waals surface area contributed by atoms with Gasteiger partial charge in [0.05, 0.1) is 32.3 Å². The van der Waals surface area contributed by atoms with Gasteiger partial charge in [0.1, 0.15) is 22.3 Å². The SMILES string of the molecule is COC(=O)Cc1c(C(=O)OC)sc2nc(C[NH2+][C@H](C)c3ccco3)[nH]c(=O)c12. The number of carbonyl (C=O) groups is 2. The van der Waals surface area contributed by atoms with E-state index >= 15 is 0 Å². The van der Waals surface area contributed by atoms with E-state index in [4.69, 9.17) is 9.15 Å². The van der Waals surface area contributed by atoms with Gasteiger partial charge in [0.15, 0.2) is 11.6 Å². The minimum Gasteiger partial charge on any atom is -0.469 e. The van der Waals surface area contributed by atoms with Crippen LogP contribution < -0.4 is 10.9 Å². The van der Waals surface area contributed by atoms with Crippen LogP contribution in [0, 0.1) is 0 Å². The first-order chi connectivity index (χ1) is 13.4. The number of nitrogens with zero attached hydrogens (tertiary/aromatic N) is 1. The lowest BCUT2D eigenvalue weighted by Gasteiger charge is -2.07. The molecule has 3 aromatic heterocycles. The van der Waals surface area contributed by atoms with Crippen LogP contribution in [0.5, 0.6) is 0 Å². The highest BCUT2D eigenvalue weighted by atomic mass is 32.1. The number of rotatable bonds is 7. The minimum atomic E-state index is -0.624. The predicted molar refractivity (Wildman–Crippen MR) is 100 cm³/mol. The van der Waals surface area contributed by atoms with Crippen molar-refractivity contribution in [2.24, 2.45) is 0 Å². The van der Waals surface area contributed by atoms with Gasteiger partial charge in [-0.05, 0) is 19.1 Å². The molecule has 0 saturated heterocycles. The number of nitrogens with one attached hydrogen (secondary N) is 1. The fourth-order valence-electron chi connectivity index (χ4n) is 2.80. The number of methoxy groups -OCH3 is 2. The van der Waals surface area contributed by atoms with Gasteiger partial charge in [-0.15, -0.1) is 11.3 Å². The lowest BCUT2D eigenvalue weighted by molar-refractivity contribution is -0.710. The summed E-state index contributed by atoms with van der Waals surface area (Å²) in [7, 11) is 2.48. The molecule has 0 aliphatic carbocycles. The highest BCUT2D eigenvalue weighted by Gasteiger charge is 2.25. The van der Waals surface area contributed by atoms with E-state index in [9.17, 15) is 14.4 Å². The third kappa shape index (κ3) is 3.97. The summed E-state index contributed by atoms with van der Waals surface area (Å²) in [6.45, 7) is 2.38. The van der Waals surface area contributed by atoms with Gasteiger partial charge >= 0.3 is 11.9 Å². The van der Waals surface area contributed by atoms with Gasteiger partial charge in [0.25, 0.3) is 5.56 Å². The summed E-state index contributed by atoms with van der Waals surface area (Å²) in [5.74, 6) is 0.0841. The summed E-state index contributed by atoms with van der Waals surface area (Å²) in [4.78, 5) is 44.2. The third-order valence-electron chi connectivity index (χ3n) is 4.29. The van der Waals surface area contributed by atoms with Gasteiger partial charge in [0, 0.05) is 5.56 Å². The number of quaternary nitrogens is 1. The normalized spacial score (nSPS) is 12.1. The van der Waals surface area contributed by atoms with Crippen LogP contribution in [-0.4, -0.2) is 36.1 Å². The van der Waals surface area contributed by atoms with Gasteiger partial charge in [-0.25, -0.2) is 9.78 Å². The molecule has 0 aliphatic heterocycles. The van der Waals surface area contributed by atoms with Crippen molar-refractivity contribution < 1.29 is 28.8 Å². The number of hydrogen-bond acceptors (Lipinski definition) is 8.